The van der Waals surface area contributed by atoms with Crippen LogP contribution in [-0.2, 0) is 17.6 Å². The molecule has 0 saturated carbocycles. The Morgan fingerprint density at radius 1 is 0.815 bits per heavy atom. The molecule has 1 aromatic rings. The SMILES string of the molecule is CCCCCCCCc1ccc(CC)c(C(=O)OCCCCC)c1C(=O)O. The third-order valence-corrected chi connectivity index (χ3v) is 4.96. The second kappa shape index (κ2) is 13.3. The molecule has 0 amide bonds. The number of esters is 1. The summed E-state index contributed by atoms with van der Waals surface area (Å²) in [5.41, 5.74) is 1.89. The van der Waals surface area contributed by atoms with Gasteiger partial charge in [-0.1, -0.05) is 77.8 Å². The molecule has 0 unspecified atom stereocenters. The first-order valence-electron chi connectivity index (χ1n) is 10.6. The monoisotopic (exact) mass is 376 g/mol. The fourth-order valence-corrected chi connectivity index (χ4v) is 3.35. The highest BCUT2D eigenvalue weighted by Gasteiger charge is 2.24. The van der Waals surface area contributed by atoms with Gasteiger partial charge in [-0.15, -0.1) is 0 Å². The first-order valence-corrected chi connectivity index (χ1v) is 10.6. The van der Waals surface area contributed by atoms with Crippen LogP contribution < -0.4 is 0 Å². The van der Waals surface area contributed by atoms with Crippen molar-refractivity contribution >= 4 is 11.9 Å². The molecule has 0 bridgehead atoms. The van der Waals surface area contributed by atoms with Gasteiger partial charge in [0.2, 0.25) is 0 Å². The molecule has 0 radical (unpaired) electrons. The second-order valence-corrected chi connectivity index (χ2v) is 7.15. The first-order chi connectivity index (χ1) is 13.1. The van der Waals surface area contributed by atoms with Crippen LogP contribution in [0.2, 0.25) is 0 Å². The van der Waals surface area contributed by atoms with Gasteiger partial charge in [0, 0.05) is 0 Å². The topological polar surface area (TPSA) is 63.6 Å². The number of rotatable bonds is 14. The summed E-state index contributed by atoms with van der Waals surface area (Å²) >= 11 is 0. The zero-order valence-electron chi connectivity index (χ0n) is 17.3. The van der Waals surface area contributed by atoms with Crippen molar-refractivity contribution in [3.8, 4) is 0 Å². The van der Waals surface area contributed by atoms with Crippen molar-refractivity contribution in [1.29, 1.82) is 0 Å². The molecule has 1 rings (SSSR count). The predicted octanol–water partition coefficient (Wildman–Crippen LogP) is 6.20. The Morgan fingerprint density at radius 2 is 1.41 bits per heavy atom. The maximum Gasteiger partial charge on any atom is 0.339 e. The normalized spacial score (nSPS) is 10.8. The summed E-state index contributed by atoms with van der Waals surface area (Å²) < 4.78 is 5.39. The van der Waals surface area contributed by atoms with E-state index in [1.54, 1.807) is 0 Å². The lowest BCUT2D eigenvalue weighted by Crippen LogP contribution is -2.17. The summed E-state index contributed by atoms with van der Waals surface area (Å²) in [5.74, 6) is -1.53. The molecule has 0 heterocycles. The van der Waals surface area contributed by atoms with E-state index >= 15 is 0 Å². The number of hydrogen-bond acceptors (Lipinski definition) is 3. The van der Waals surface area contributed by atoms with Gasteiger partial charge in [-0.25, -0.2) is 9.59 Å². The van der Waals surface area contributed by atoms with E-state index in [2.05, 4.69) is 13.8 Å². The summed E-state index contributed by atoms with van der Waals surface area (Å²) in [4.78, 5) is 24.6. The summed E-state index contributed by atoms with van der Waals surface area (Å²) in [6.07, 6.45) is 11.1. The zero-order chi connectivity index (χ0) is 20.1. The molecule has 0 saturated heterocycles. The molecular formula is C23H36O4. The average Bonchev–Trinajstić information content (AvgIpc) is 2.66. The number of carboxylic acids is 1. The number of unbranched alkanes of at least 4 members (excludes halogenated alkanes) is 7. The van der Waals surface area contributed by atoms with Crippen LogP contribution in [0.5, 0.6) is 0 Å². The number of aryl methyl sites for hydroxylation is 2. The second-order valence-electron chi connectivity index (χ2n) is 7.15. The number of carboxylic acid groups (broad SMARTS) is 1. The van der Waals surface area contributed by atoms with Gasteiger partial charge < -0.3 is 9.84 Å². The number of carbonyl (C=O) groups is 2. The molecule has 0 aromatic heterocycles. The van der Waals surface area contributed by atoms with E-state index in [1.807, 2.05) is 19.1 Å². The lowest BCUT2D eigenvalue weighted by atomic mass is 9.91. The van der Waals surface area contributed by atoms with E-state index in [4.69, 9.17) is 4.74 Å². The first kappa shape index (κ1) is 23.2. The molecule has 0 aliphatic carbocycles. The number of hydrogen-bond donors (Lipinski definition) is 1. The quantitative estimate of drug-likeness (QED) is 0.310. The molecule has 1 aromatic carbocycles. The summed E-state index contributed by atoms with van der Waals surface area (Å²) in [5, 5.41) is 9.79. The summed E-state index contributed by atoms with van der Waals surface area (Å²) in [6.45, 7) is 6.56. The van der Waals surface area contributed by atoms with Crippen LogP contribution in [0.15, 0.2) is 12.1 Å². The minimum atomic E-state index is -1.04. The molecule has 27 heavy (non-hydrogen) atoms. The van der Waals surface area contributed by atoms with E-state index < -0.39 is 11.9 Å². The van der Waals surface area contributed by atoms with Crippen molar-refractivity contribution in [2.75, 3.05) is 6.61 Å². The third-order valence-electron chi connectivity index (χ3n) is 4.96. The smallest absolute Gasteiger partial charge is 0.339 e. The van der Waals surface area contributed by atoms with E-state index in [9.17, 15) is 14.7 Å². The van der Waals surface area contributed by atoms with Crippen molar-refractivity contribution in [3.05, 3.63) is 34.4 Å². The average molecular weight is 377 g/mol. The summed E-state index contributed by atoms with van der Waals surface area (Å²) in [6, 6.07) is 3.77. The molecule has 0 aliphatic rings. The minimum absolute atomic E-state index is 0.142. The molecule has 0 aliphatic heterocycles. The third kappa shape index (κ3) is 7.74. The Morgan fingerprint density at radius 3 is 2.04 bits per heavy atom. The lowest BCUT2D eigenvalue weighted by Gasteiger charge is -2.15. The van der Waals surface area contributed by atoms with Gasteiger partial charge in [0.1, 0.15) is 0 Å². The minimum Gasteiger partial charge on any atom is -0.478 e. The predicted molar refractivity (Wildman–Crippen MR) is 110 cm³/mol. The molecule has 0 atom stereocenters. The van der Waals surface area contributed by atoms with Crippen LogP contribution in [-0.4, -0.2) is 23.7 Å². The molecule has 0 spiro atoms. The largest absolute Gasteiger partial charge is 0.478 e. The standard InChI is InChI=1S/C23H36O4/c1-4-7-9-10-11-12-14-19-16-15-18(6-3)21(20(19)22(24)25)23(26)27-17-13-8-5-2/h15-16H,4-14,17H2,1-3H3,(H,24,25). The van der Waals surface area contributed by atoms with Crippen molar-refractivity contribution < 1.29 is 19.4 Å². The molecular weight excluding hydrogens is 340 g/mol. The van der Waals surface area contributed by atoms with Crippen LogP contribution in [0.4, 0.5) is 0 Å². The fourth-order valence-electron chi connectivity index (χ4n) is 3.35. The lowest BCUT2D eigenvalue weighted by molar-refractivity contribution is 0.0486. The van der Waals surface area contributed by atoms with Crippen molar-refractivity contribution in [2.45, 2.75) is 91.4 Å². The van der Waals surface area contributed by atoms with Crippen molar-refractivity contribution in [3.63, 3.8) is 0 Å². The van der Waals surface area contributed by atoms with Gasteiger partial charge in [-0.3, -0.25) is 0 Å². The molecule has 0 fully saturated rings. The number of carbonyl (C=O) groups excluding carboxylic acids is 1. The van der Waals surface area contributed by atoms with Crippen LogP contribution >= 0.6 is 0 Å². The number of aromatic carboxylic acids is 1. The Balaban J connectivity index is 2.92. The molecule has 152 valence electrons. The Bertz CT molecular complexity index is 592. The van der Waals surface area contributed by atoms with E-state index in [1.165, 1.54) is 25.7 Å². The van der Waals surface area contributed by atoms with E-state index in [0.29, 0.717) is 19.4 Å². The Labute approximate surface area is 164 Å². The van der Waals surface area contributed by atoms with Gasteiger partial charge >= 0.3 is 11.9 Å². The van der Waals surface area contributed by atoms with Crippen LogP contribution in [0.3, 0.4) is 0 Å². The molecule has 4 heteroatoms. The maximum atomic E-state index is 12.6. The van der Waals surface area contributed by atoms with Gasteiger partial charge in [-0.2, -0.15) is 0 Å². The zero-order valence-corrected chi connectivity index (χ0v) is 17.3. The van der Waals surface area contributed by atoms with Crippen molar-refractivity contribution in [2.24, 2.45) is 0 Å². The number of ether oxygens (including phenoxy) is 1. The van der Waals surface area contributed by atoms with Crippen molar-refractivity contribution in [1.82, 2.24) is 0 Å². The summed E-state index contributed by atoms with van der Waals surface area (Å²) in [7, 11) is 0. The Hall–Kier alpha value is -1.84. The highest BCUT2D eigenvalue weighted by atomic mass is 16.5. The Kier molecular flexibility index (Phi) is 11.5. The molecule has 1 N–H and O–H groups in total. The highest BCUT2D eigenvalue weighted by Crippen LogP contribution is 2.24. The maximum absolute atomic E-state index is 12.6. The molecule has 4 nitrogen and oxygen atoms in total. The highest BCUT2D eigenvalue weighted by molar-refractivity contribution is 6.04. The van der Waals surface area contributed by atoms with Crippen LogP contribution in [0, 0.1) is 0 Å². The number of benzene rings is 1. The van der Waals surface area contributed by atoms with Crippen LogP contribution in [0.25, 0.3) is 0 Å². The van der Waals surface area contributed by atoms with E-state index in [-0.39, 0.29) is 11.1 Å². The fraction of sp³-hybridized carbons (Fsp3) is 0.652. The van der Waals surface area contributed by atoms with Crippen LogP contribution in [0.1, 0.15) is 110 Å². The van der Waals surface area contributed by atoms with Gasteiger partial charge in [0.15, 0.2) is 0 Å². The van der Waals surface area contributed by atoms with Gasteiger partial charge in [-0.05, 0) is 36.8 Å². The van der Waals surface area contributed by atoms with E-state index in [0.717, 1.165) is 43.2 Å². The van der Waals surface area contributed by atoms with Gasteiger partial charge in [0.25, 0.3) is 0 Å². The van der Waals surface area contributed by atoms with Gasteiger partial charge in [0.05, 0.1) is 17.7 Å².